The molecule has 0 radical (unpaired) electrons. The number of hydrogen-bond donors (Lipinski definition) is 0. The number of carbonyl (C=O) groups is 3. The Kier molecular flexibility index (Phi) is 6.37. The molecule has 0 N–H and O–H groups in total. The van der Waals surface area contributed by atoms with Crippen LogP contribution in [0, 0.1) is 0 Å². The number of rotatable bonds is 5. The molecule has 1 aromatic rings. The summed E-state index contributed by atoms with van der Waals surface area (Å²) in [7, 11) is 0. The number of piperidine rings is 1. The number of nitrogens with zero attached hydrogens (tertiary/aromatic N) is 2. The quantitative estimate of drug-likeness (QED) is 0.729. The van der Waals surface area contributed by atoms with Crippen LogP contribution in [0.25, 0.3) is 0 Å². The lowest BCUT2D eigenvalue weighted by atomic mass is 9.97. The van der Waals surface area contributed by atoms with Crippen LogP contribution in [-0.2, 0) is 20.9 Å². The van der Waals surface area contributed by atoms with Gasteiger partial charge in [-0.1, -0.05) is 12.1 Å². The summed E-state index contributed by atoms with van der Waals surface area (Å²) in [6.45, 7) is 7.09. The molecule has 2 heterocycles. The molecule has 6 nitrogen and oxygen atoms in total. The van der Waals surface area contributed by atoms with E-state index in [0.29, 0.717) is 18.5 Å². The third kappa shape index (κ3) is 4.54. The lowest BCUT2D eigenvalue weighted by Crippen LogP contribution is -2.51. The minimum atomic E-state index is -0.808. The smallest absolute Gasteiger partial charge is 0.338 e. The molecule has 2 amide bonds. The molecule has 0 aliphatic carbocycles. The number of hydrogen-bond acceptors (Lipinski definition) is 4. The summed E-state index contributed by atoms with van der Waals surface area (Å²) in [4.78, 5) is 40.6. The van der Waals surface area contributed by atoms with E-state index in [1.807, 2.05) is 35.8 Å². The molecule has 2 aliphatic rings. The molecule has 2 saturated heterocycles. The van der Waals surface area contributed by atoms with E-state index in [1.54, 1.807) is 19.1 Å². The van der Waals surface area contributed by atoms with Gasteiger partial charge in [-0.25, -0.2) is 4.79 Å². The average Bonchev–Trinajstić information content (AvgIpc) is 3.06. The van der Waals surface area contributed by atoms with E-state index in [1.165, 1.54) is 0 Å². The Balaban J connectivity index is 1.57. The zero-order valence-electron chi connectivity index (χ0n) is 17.0. The van der Waals surface area contributed by atoms with Crippen LogP contribution in [0.5, 0.6) is 0 Å². The molecule has 0 unspecified atom stereocenters. The summed E-state index contributed by atoms with van der Waals surface area (Å²) in [6.07, 6.45) is 3.80. The van der Waals surface area contributed by atoms with Crippen LogP contribution in [-0.4, -0.2) is 52.3 Å². The fraction of sp³-hybridized carbons (Fsp3) is 0.591. The number of amides is 2. The summed E-state index contributed by atoms with van der Waals surface area (Å²) in [6, 6.07) is 7.41. The topological polar surface area (TPSA) is 66.9 Å². The van der Waals surface area contributed by atoms with Crippen LogP contribution in [0.3, 0.4) is 0 Å². The fourth-order valence-electron chi connectivity index (χ4n) is 4.18. The van der Waals surface area contributed by atoms with E-state index in [0.717, 1.165) is 37.8 Å². The average molecular weight is 386 g/mol. The summed E-state index contributed by atoms with van der Waals surface area (Å²) in [5, 5.41) is 0. The molecule has 152 valence electrons. The van der Waals surface area contributed by atoms with Gasteiger partial charge in [-0.05, 0) is 64.2 Å². The second-order valence-corrected chi connectivity index (χ2v) is 8.04. The van der Waals surface area contributed by atoms with Crippen LogP contribution < -0.4 is 0 Å². The van der Waals surface area contributed by atoms with Gasteiger partial charge in [0.15, 0.2) is 6.10 Å². The highest BCUT2D eigenvalue weighted by Gasteiger charge is 2.33. The predicted molar refractivity (Wildman–Crippen MR) is 106 cm³/mol. The van der Waals surface area contributed by atoms with Gasteiger partial charge in [0.1, 0.15) is 0 Å². The molecule has 3 rings (SSSR count). The highest BCUT2D eigenvalue weighted by molar-refractivity contribution is 5.92. The number of carbonyl (C=O) groups excluding carboxylic acids is 3. The van der Waals surface area contributed by atoms with E-state index in [9.17, 15) is 14.4 Å². The van der Waals surface area contributed by atoms with E-state index >= 15 is 0 Å². The molecule has 6 heteroatoms. The summed E-state index contributed by atoms with van der Waals surface area (Å²) < 4.78 is 5.44. The Morgan fingerprint density at radius 1 is 1.11 bits per heavy atom. The molecule has 2 aliphatic heterocycles. The molecular weight excluding hydrogens is 356 g/mol. The molecule has 0 aromatic heterocycles. The Labute approximate surface area is 166 Å². The largest absolute Gasteiger partial charge is 0.449 e. The maximum Gasteiger partial charge on any atom is 0.338 e. The maximum atomic E-state index is 12.8. The molecule has 0 saturated carbocycles. The van der Waals surface area contributed by atoms with Crippen molar-refractivity contribution in [1.29, 1.82) is 0 Å². The van der Waals surface area contributed by atoms with Crippen LogP contribution >= 0.6 is 0 Å². The van der Waals surface area contributed by atoms with Crippen molar-refractivity contribution in [3.63, 3.8) is 0 Å². The second-order valence-electron chi connectivity index (χ2n) is 8.04. The standard InChI is InChI=1S/C22H30N2O4/c1-15-6-4-7-16(2)24(15)21(26)17(3)28-22(27)19-11-9-18(10-12-19)14-23-13-5-8-20(23)25/h9-12,15-17H,4-8,13-14H2,1-3H3/t15-,16-,17-/m1/s1. The van der Waals surface area contributed by atoms with E-state index in [2.05, 4.69) is 0 Å². The normalized spacial score (nSPS) is 23.6. The Bertz CT molecular complexity index is 721. The molecule has 1 aromatic carbocycles. The SMILES string of the molecule is C[C@@H]1CCC[C@@H](C)N1C(=O)[C@@H](C)OC(=O)c1ccc(CN2CCCC2=O)cc1. The van der Waals surface area contributed by atoms with E-state index < -0.39 is 12.1 Å². The zero-order valence-corrected chi connectivity index (χ0v) is 17.0. The van der Waals surface area contributed by atoms with Crippen molar-refractivity contribution in [2.45, 2.75) is 77.6 Å². The number of benzene rings is 1. The minimum Gasteiger partial charge on any atom is -0.449 e. The van der Waals surface area contributed by atoms with Crippen molar-refractivity contribution in [3.05, 3.63) is 35.4 Å². The predicted octanol–water partition coefficient (Wildman–Crippen LogP) is 3.14. The lowest BCUT2D eigenvalue weighted by molar-refractivity contribution is -0.146. The van der Waals surface area contributed by atoms with Gasteiger partial charge in [0.2, 0.25) is 5.91 Å². The highest BCUT2D eigenvalue weighted by Crippen LogP contribution is 2.24. The number of ether oxygens (including phenoxy) is 1. The van der Waals surface area contributed by atoms with Gasteiger partial charge in [-0.2, -0.15) is 0 Å². The Morgan fingerprint density at radius 2 is 1.75 bits per heavy atom. The summed E-state index contributed by atoms with van der Waals surface area (Å²) >= 11 is 0. The fourth-order valence-corrected chi connectivity index (χ4v) is 4.18. The third-order valence-electron chi connectivity index (χ3n) is 5.81. The van der Waals surface area contributed by atoms with Crippen molar-refractivity contribution >= 4 is 17.8 Å². The number of likely N-dealkylation sites (tertiary alicyclic amines) is 2. The van der Waals surface area contributed by atoms with Crippen molar-refractivity contribution in [2.75, 3.05) is 6.54 Å². The Hall–Kier alpha value is -2.37. The first-order valence-corrected chi connectivity index (χ1v) is 10.3. The first-order chi connectivity index (χ1) is 13.4. The van der Waals surface area contributed by atoms with Gasteiger partial charge in [0, 0.05) is 31.6 Å². The van der Waals surface area contributed by atoms with Gasteiger partial charge in [0.25, 0.3) is 5.91 Å². The second kappa shape index (κ2) is 8.76. The third-order valence-corrected chi connectivity index (χ3v) is 5.81. The van der Waals surface area contributed by atoms with Gasteiger partial charge < -0.3 is 14.5 Å². The van der Waals surface area contributed by atoms with Gasteiger partial charge in [-0.3, -0.25) is 9.59 Å². The summed E-state index contributed by atoms with van der Waals surface area (Å²) in [5.41, 5.74) is 1.39. The van der Waals surface area contributed by atoms with Crippen LogP contribution in [0.1, 0.15) is 68.8 Å². The van der Waals surface area contributed by atoms with E-state index in [4.69, 9.17) is 4.74 Å². The molecule has 0 spiro atoms. The van der Waals surface area contributed by atoms with Crippen LogP contribution in [0.15, 0.2) is 24.3 Å². The lowest BCUT2D eigenvalue weighted by Gasteiger charge is -2.40. The van der Waals surface area contributed by atoms with Crippen LogP contribution in [0.4, 0.5) is 0 Å². The van der Waals surface area contributed by atoms with Crippen molar-refractivity contribution in [3.8, 4) is 0 Å². The monoisotopic (exact) mass is 386 g/mol. The van der Waals surface area contributed by atoms with Crippen molar-refractivity contribution < 1.29 is 19.1 Å². The zero-order chi connectivity index (χ0) is 20.3. The molecule has 3 atom stereocenters. The molecular formula is C22H30N2O4. The summed E-state index contributed by atoms with van der Waals surface area (Å²) in [5.74, 6) is -0.448. The molecule has 0 bridgehead atoms. The highest BCUT2D eigenvalue weighted by atomic mass is 16.5. The Morgan fingerprint density at radius 3 is 2.32 bits per heavy atom. The van der Waals surface area contributed by atoms with Gasteiger partial charge in [0.05, 0.1) is 5.56 Å². The minimum absolute atomic E-state index is 0.128. The van der Waals surface area contributed by atoms with Gasteiger partial charge >= 0.3 is 5.97 Å². The number of esters is 1. The van der Waals surface area contributed by atoms with Crippen molar-refractivity contribution in [1.82, 2.24) is 9.80 Å². The molecule has 28 heavy (non-hydrogen) atoms. The van der Waals surface area contributed by atoms with Gasteiger partial charge in [-0.15, -0.1) is 0 Å². The molecule has 2 fully saturated rings. The van der Waals surface area contributed by atoms with Crippen LogP contribution in [0.2, 0.25) is 0 Å². The maximum absolute atomic E-state index is 12.8. The van der Waals surface area contributed by atoms with Crippen molar-refractivity contribution in [2.24, 2.45) is 0 Å². The first kappa shape index (κ1) is 20.4. The van der Waals surface area contributed by atoms with E-state index in [-0.39, 0.29) is 23.9 Å². The first-order valence-electron chi connectivity index (χ1n) is 10.3.